The predicted octanol–water partition coefficient (Wildman–Crippen LogP) is 1.89. The number of carbonyl (C=O) groups is 1. The van der Waals surface area contributed by atoms with Crippen molar-refractivity contribution in [3.8, 4) is 11.5 Å². The van der Waals surface area contributed by atoms with Gasteiger partial charge < -0.3 is 14.4 Å². The average molecular weight is 392 g/mol. The highest BCUT2D eigenvalue weighted by molar-refractivity contribution is 7.89. The van der Waals surface area contributed by atoms with Gasteiger partial charge in [0.15, 0.2) is 11.5 Å². The first kappa shape index (κ1) is 17.7. The first-order valence-corrected chi connectivity index (χ1v) is 9.86. The molecule has 0 unspecified atom stereocenters. The van der Waals surface area contributed by atoms with Crippen LogP contribution in [0.1, 0.15) is 6.42 Å². The molecule has 0 spiro atoms. The van der Waals surface area contributed by atoms with Gasteiger partial charge in [0.1, 0.15) is 5.82 Å². The van der Waals surface area contributed by atoms with E-state index < -0.39 is 15.8 Å². The van der Waals surface area contributed by atoms with Crippen molar-refractivity contribution < 1.29 is 27.1 Å². The lowest BCUT2D eigenvalue weighted by molar-refractivity contribution is -0.117. The maximum absolute atomic E-state index is 13.0. The minimum Gasteiger partial charge on any atom is -0.454 e. The van der Waals surface area contributed by atoms with Gasteiger partial charge in [-0.3, -0.25) is 4.79 Å². The van der Waals surface area contributed by atoms with Crippen molar-refractivity contribution in [1.82, 2.24) is 4.72 Å². The molecule has 9 heteroatoms. The number of amides is 1. The fourth-order valence-corrected chi connectivity index (χ4v) is 4.26. The van der Waals surface area contributed by atoms with Crippen LogP contribution in [0.25, 0.3) is 0 Å². The first-order chi connectivity index (χ1) is 12.9. The third kappa shape index (κ3) is 3.60. The highest BCUT2D eigenvalue weighted by Gasteiger charge is 2.32. The highest BCUT2D eigenvalue weighted by Crippen LogP contribution is 2.37. The quantitative estimate of drug-likeness (QED) is 0.840. The van der Waals surface area contributed by atoms with E-state index in [1.165, 1.54) is 12.1 Å². The Kier molecular flexibility index (Phi) is 4.48. The minimum atomic E-state index is -3.76. The molecule has 1 N–H and O–H groups in total. The topological polar surface area (TPSA) is 84.9 Å². The van der Waals surface area contributed by atoms with Crippen molar-refractivity contribution in [3.63, 3.8) is 0 Å². The number of hydrogen-bond donors (Lipinski definition) is 1. The van der Waals surface area contributed by atoms with E-state index in [0.29, 0.717) is 23.7 Å². The van der Waals surface area contributed by atoms with Crippen molar-refractivity contribution >= 4 is 21.6 Å². The number of carbonyl (C=O) groups excluding carboxylic acids is 1. The van der Waals surface area contributed by atoms with E-state index in [9.17, 15) is 17.6 Å². The number of benzene rings is 2. The summed E-state index contributed by atoms with van der Waals surface area (Å²) in [5.41, 5.74) is 0.688. The van der Waals surface area contributed by atoms with Gasteiger partial charge in [0.05, 0.1) is 4.90 Å². The average Bonchev–Trinajstić information content (AvgIpc) is 3.26. The zero-order valence-electron chi connectivity index (χ0n) is 14.2. The van der Waals surface area contributed by atoms with Gasteiger partial charge >= 0.3 is 0 Å². The van der Waals surface area contributed by atoms with Crippen molar-refractivity contribution in [2.75, 3.05) is 24.8 Å². The smallest absolute Gasteiger partial charge is 0.240 e. The Morgan fingerprint density at radius 3 is 2.63 bits per heavy atom. The SMILES string of the molecule is O=C1C[C@@H](CNS(=O)(=O)c2ccc(F)cc2)CN1c1ccc2c(c1)OCO2. The van der Waals surface area contributed by atoms with Crippen LogP contribution in [0.3, 0.4) is 0 Å². The zero-order valence-corrected chi connectivity index (χ0v) is 15.0. The van der Waals surface area contributed by atoms with Crippen LogP contribution in [-0.4, -0.2) is 34.2 Å². The summed E-state index contributed by atoms with van der Waals surface area (Å²) in [6.45, 7) is 0.664. The van der Waals surface area contributed by atoms with E-state index in [1.54, 1.807) is 23.1 Å². The maximum Gasteiger partial charge on any atom is 0.240 e. The molecule has 1 amide bonds. The lowest BCUT2D eigenvalue weighted by Gasteiger charge is -2.17. The molecule has 2 aliphatic rings. The van der Waals surface area contributed by atoms with Crippen LogP contribution < -0.4 is 19.1 Å². The summed E-state index contributed by atoms with van der Waals surface area (Å²) in [4.78, 5) is 13.9. The summed E-state index contributed by atoms with van der Waals surface area (Å²) in [6.07, 6.45) is 0.236. The molecule has 1 atom stereocenters. The van der Waals surface area contributed by atoms with Crippen LogP contribution in [0.4, 0.5) is 10.1 Å². The fourth-order valence-electron chi connectivity index (χ4n) is 3.15. The second-order valence-electron chi connectivity index (χ2n) is 6.42. The zero-order chi connectivity index (χ0) is 19.0. The molecule has 0 aliphatic carbocycles. The molecule has 2 aliphatic heterocycles. The predicted molar refractivity (Wildman–Crippen MR) is 94.6 cm³/mol. The van der Waals surface area contributed by atoms with Gasteiger partial charge in [0.2, 0.25) is 22.7 Å². The van der Waals surface area contributed by atoms with Gasteiger partial charge in [-0.2, -0.15) is 0 Å². The van der Waals surface area contributed by atoms with E-state index in [-0.39, 0.29) is 36.5 Å². The standard InChI is InChI=1S/C18H17FN2O5S/c19-13-1-4-15(5-2-13)27(23,24)20-9-12-7-18(22)21(10-12)14-3-6-16-17(8-14)26-11-25-16/h1-6,8,12,20H,7,9-11H2/t12-/m0/s1. The van der Waals surface area contributed by atoms with Gasteiger partial charge in [-0.1, -0.05) is 0 Å². The lowest BCUT2D eigenvalue weighted by atomic mass is 10.1. The van der Waals surface area contributed by atoms with Crippen LogP contribution in [0, 0.1) is 11.7 Å². The summed E-state index contributed by atoms with van der Waals surface area (Å²) >= 11 is 0. The second-order valence-corrected chi connectivity index (χ2v) is 8.18. The number of nitrogens with zero attached hydrogens (tertiary/aromatic N) is 1. The Balaban J connectivity index is 1.41. The van der Waals surface area contributed by atoms with Crippen LogP contribution in [0.15, 0.2) is 47.4 Å². The molecular formula is C18H17FN2O5S. The van der Waals surface area contributed by atoms with Gasteiger partial charge in [-0.15, -0.1) is 0 Å². The molecule has 2 aromatic carbocycles. The molecule has 1 fully saturated rings. The molecule has 2 aromatic rings. The normalized spacial score (nSPS) is 18.9. The molecule has 27 heavy (non-hydrogen) atoms. The lowest BCUT2D eigenvalue weighted by Crippen LogP contribution is -2.31. The van der Waals surface area contributed by atoms with E-state index in [0.717, 1.165) is 12.1 Å². The molecule has 0 radical (unpaired) electrons. The molecule has 142 valence electrons. The van der Waals surface area contributed by atoms with E-state index in [4.69, 9.17) is 9.47 Å². The van der Waals surface area contributed by atoms with Gasteiger partial charge in [-0.25, -0.2) is 17.5 Å². The Bertz CT molecular complexity index is 978. The summed E-state index contributed by atoms with van der Waals surface area (Å²) < 4.78 is 50.7. The van der Waals surface area contributed by atoms with Crippen molar-refractivity contribution in [1.29, 1.82) is 0 Å². The number of nitrogens with one attached hydrogen (secondary N) is 1. The number of hydrogen-bond acceptors (Lipinski definition) is 5. The van der Waals surface area contributed by atoms with E-state index in [1.807, 2.05) is 0 Å². The summed E-state index contributed by atoms with van der Waals surface area (Å²) in [6, 6.07) is 9.86. The van der Waals surface area contributed by atoms with Crippen molar-refractivity contribution in [2.45, 2.75) is 11.3 Å². The highest BCUT2D eigenvalue weighted by atomic mass is 32.2. The number of ether oxygens (including phenoxy) is 2. The number of fused-ring (bicyclic) bond motifs is 1. The van der Waals surface area contributed by atoms with E-state index in [2.05, 4.69) is 4.72 Å². The van der Waals surface area contributed by atoms with Crippen LogP contribution >= 0.6 is 0 Å². The third-order valence-electron chi connectivity index (χ3n) is 4.56. The number of halogens is 1. The summed E-state index contributed by atoms with van der Waals surface area (Å²) in [7, 11) is -3.76. The Morgan fingerprint density at radius 2 is 1.85 bits per heavy atom. The summed E-state index contributed by atoms with van der Waals surface area (Å²) in [5, 5.41) is 0. The van der Waals surface area contributed by atoms with Gasteiger partial charge in [0.25, 0.3) is 0 Å². The summed E-state index contributed by atoms with van der Waals surface area (Å²) in [5.74, 6) is 0.461. The molecule has 0 bridgehead atoms. The molecule has 1 saturated heterocycles. The van der Waals surface area contributed by atoms with Crippen LogP contribution in [-0.2, 0) is 14.8 Å². The largest absolute Gasteiger partial charge is 0.454 e. The molecule has 0 aromatic heterocycles. The number of sulfonamides is 1. The molecule has 7 nitrogen and oxygen atoms in total. The molecular weight excluding hydrogens is 375 g/mol. The molecule has 2 heterocycles. The van der Waals surface area contributed by atoms with E-state index >= 15 is 0 Å². The Labute approximate surface area is 155 Å². The Hall–Kier alpha value is -2.65. The molecule has 4 rings (SSSR count). The third-order valence-corrected chi connectivity index (χ3v) is 6.00. The minimum absolute atomic E-state index is 0.0131. The van der Waals surface area contributed by atoms with Crippen LogP contribution in [0.2, 0.25) is 0 Å². The fraction of sp³-hybridized carbons (Fsp3) is 0.278. The Morgan fingerprint density at radius 1 is 1.11 bits per heavy atom. The first-order valence-electron chi connectivity index (χ1n) is 8.37. The van der Waals surface area contributed by atoms with Crippen molar-refractivity contribution in [2.24, 2.45) is 5.92 Å². The van der Waals surface area contributed by atoms with Gasteiger partial charge in [-0.05, 0) is 42.3 Å². The monoisotopic (exact) mass is 392 g/mol. The second kappa shape index (κ2) is 6.82. The van der Waals surface area contributed by atoms with Crippen LogP contribution in [0.5, 0.6) is 11.5 Å². The van der Waals surface area contributed by atoms with Gasteiger partial charge in [0, 0.05) is 31.3 Å². The van der Waals surface area contributed by atoms with Crippen molar-refractivity contribution in [3.05, 3.63) is 48.3 Å². The number of anilines is 1. The maximum atomic E-state index is 13.0. The molecule has 0 saturated carbocycles. The number of rotatable bonds is 5.